The van der Waals surface area contributed by atoms with Crippen LogP contribution in [0.5, 0.6) is 11.5 Å². The number of nitrogens with zero attached hydrogens (tertiary/aromatic N) is 3. The van der Waals surface area contributed by atoms with Crippen molar-refractivity contribution in [1.82, 2.24) is 10.1 Å². The number of nitro benzene ring substituents is 1. The average Bonchev–Trinajstić information content (AvgIpc) is 3.10. The Morgan fingerprint density at radius 1 is 1.12 bits per heavy atom. The van der Waals surface area contributed by atoms with Crippen molar-refractivity contribution in [3.63, 3.8) is 0 Å². The van der Waals surface area contributed by atoms with Crippen molar-refractivity contribution >= 4 is 5.69 Å². The standard InChI is InChI=1S/C17H15N3O5/c1-10-12(5-4-6-13(10)20(21)22)17-18-16(19-25-17)11-7-8-14(23-2)15(9-11)24-3/h4-9H,1-3H3. The van der Waals surface area contributed by atoms with Crippen LogP contribution >= 0.6 is 0 Å². The Bertz CT molecular complexity index is 936. The number of ether oxygens (including phenoxy) is 2. The number of nitro groups is 1. The lowest BCUT2D eigenvalue weighted by molar-refractivity contribution is -0.385. The summed E-state index contributed by atoms with van der Waals surface area (Å²) < 4.78 is 15.8. The predicted octanol–water partition coefficient (Wildman–Crippen LogP) is 3.64. The molecular weight excluding hydrogens is 326 g/mol. The molecule has 0 aliphatic rings. The van der Waals surface area contributed by atoms with Gasteiger partial charge in [-0.1, -0.05) is 11.2 Å². The average molecular weight is 341 g/mol. The second kappa shape index (κ2) is 6.60. The molecule has 0 N–H and O–H groups in total. The van der Waals surface area contributed by atoms with Gasteiger partial charge in [0.1, 0.15) is 0 Å². The lowest BCUT2D eigenvalue weighted by Crippen LogP contribution is -1.94. The van der Waals surface area contributed by atoms with E-state index in [9.17, 15) is 10.1 Å². The second-order valence-electron chi connectivity index (χ2n) is 5.20. The van der Waals surface area contributed by atoms with Crippen molar-refractivity contribution in [2.45, 2.75) is 6.92 Å². The number of rotatable bonds is 5. The van der Waals surface area contributed by atoms with E-state index < -0.39 is 4.92 Å². The molecule has 0 saturated carbocycles. The monoisotopic (exact) mass is 341 g/mol. The molecule has 3 aromatic rings. The van der Waals surface area contributed by atoms with Gasteiger partial charge in [-0.25, -0.2) is 0 Å². The van der Waals surface area contributed by atoms with Gasteiger partial charge in [0, 0.05) is 22.8 Å². The first-order chi connectivity index (χ1) is 12.0. The maximum atomic E-state index is 11.1. The van der Waals surface area contributed by atoms with E-state index in [2.05, 4.69) is 10.1 Å². The van der Waals surface area contributed by atoms with Gasteiger partial charge in [-0.2, -0.15) is 4.98 Å². The molecule has 1 aromatic heterocycles. The molecule has 0 atom stereocenters. The van der Waals surface area contributed by atoms with Crippen LogP contribution in [0.25, 0.3) is 22.8 Å². The van der Waals surface area contributed by atoms with Crippen LogP contribution in [0.15, 0.2) is 40.9 Å². The van der Waals surface area contributed by atoms with Gasteiger partial charge in [0.25, 0.3) is 11.6 Å². The molecule has 0 saturated heterocycles. The lowest BCUT2D eigenvalue weighted by Gasteiger charge is -2.07. The summed E-state index contributed by atoms with van der Waals surface area (Å²) in [5.41, 5.74) is 1.67. The number of aromatic nitrogens is 2. The minimum Gasteiger partial charge on any atom is -0.493 e. The van der Waals surface area contributed by atoms with Gasteiger partial charge in [0.15, 0.2) is 11.5 Å². The minimum absolute atomic E-state index is 0.00312. The Hall–Kier alpha value is -3.42. The van der Waals surface area contributed by atoms with Gasteiger partial charge < -0.3 is 14.0 Å². The first-order valence-corrected chi connectivity index (χ1v) is 7.35. The lowest BCUT2D eigenvalue weighted by atomic mass is 10.1. The molecule has 0 aliphatic heterocycles. The second-order valence-corrected chi connectivity index (χ2v) is 5.20. The Morgan fingerprint density at radius 2 is 1.88 bits per heavy atom. The van der Waals surface area contributed by atoms with E-state index in [1.165, 1.54) is 13.2 Å². The molecule has 0 spiro atoms. The van der Waals surface area contributed by atoms with E-state index in [1.807, 2.05) is 0 Å². The third kappa shape index (κ3) is 3.01. The Kier molecular flexibility index (Phi) is 4.34. The summed E-state index contributed by atoms with van der Waals surface area (Å²) in [6.45, 7) is 1.65. The van der Waals surface area contributed by atoms with E-state index in [1.54, 1.807) is 44.4 Å². The SMILES string of the molecule is COc1ccc(-c2noc(-c3cccc([N+](=O)[O-])c3C)n2)cc1OC. The largest absolute Gasteiger partial charge is 0.493 e. The highest BCUT2D eigenvalue weighted by Crippen LogP contribution is 2.33. The quantitative estimate of drug-likeness (QED) is 0.516. The van der Waals surface area contributed by atoms with Gasteiger partial charge in [0.05, 0.1) is 19.1 Å². The van der Waals surface area contributed by atoms with E-state index in [0.29, 0.717) is 34.0 Å². The molecule has 128 valence electrons. The van der Waals surface area contributed by atoms with Crippen molar-refractivity contribution in [2.24, 2.45) is 0 Å². The summed E-state index contributed by atoms with van der Waals surface area (Å²) in [4.78, 5) is 15.0. The zero-order valence-corrected chi connectivity index (χ0v) is 13.8. The van der Waals surface area contributed by atoms with E-state index in [4.69, 9.17) is 14.0 Å². The fourth-order valence-electron chi connectivity index (χ4n) is 2.48. The molecule has 0 bridgehead atoms. The van der Waals surface area contributed by atoms with Crippen LogP contribution in [0, 0.1) is 17.0 Å². The van der Waals surface area contributed by atoms with Crippen LogP contribution < -0.4 is 9.47 Å². The smallest absolute Gasteiger partial charge is 0.273 e. The molecule has 25 heavy (non-hydrogen) atoms. The molecule has 3 rings (SSSR count). The third-order valence-electron chi connectivity index (χ3n) is 3.80. The number of methoxy groups -OCH3 is 2. The highest BCUT2D eigenvalue weighted by molar-refractivity contribution is 5.67. The van der Waals surface area contributed by atoms with Crippen LogP contribution in [-0.4, -0.2) is 29.3 Å². The molecule has 2 aromatic carbocycles. The van der Waals surface area contributed by atoms with E-state index in [-0.39, 0.29) is 11.6 Å². The topological polar surface area (TPSA) is 101 Å². The van der Waals surface area contributed by atoms with E-state index in [0.717, 1.165) is 0 Å². The maximum absolute atomic E-state index is 11.1. The highest BCUT2D eigenvalue weighted by Gasteiger charge is 2.19. The van der Waals surface area contributed by atoms with Crippen molar-refractivity contribution in [2.75, 3.05) is 14.2 Å². The summed E-state index contributed by atoms with van der Waals surface area (Å²) in [6, 6.07) is 9.96. The van der Waals surface area contributed by atoms with Crippen LogP contribution in [0.4, 0.5) is 5.69 Å². The molecule has 0 aliphatic carbocycles. The zero-order valence-electron chi connectivity index (χ0n) is 13.8. The summed E-state index contributed by atoms with van der Waals surface area (Å²) in [5, 5.41) is 15.0. The molecule has 0 amide bonds. The van der Waals surface area contributed by atoms with Crippen LogP contribution in [-0.2, 0) is 0 Å². The fraction of sp³-hybridized carbons (Fsp3) is 0.176. The maximum Gasteiger partial charge on any atom is 0.273 e. The molecule has 0 fully saturated rings. The Morgan fingerprint density at radius 3 is 2.56 bits per heavy atom. The highest BCUT2D eigenvalue weighted by atomic mass is 16.6. The van der Waals surface area contributed by atoms with Crippen LogP contribution in [0.1, 0.15) is 5.56 Å². The summed E-state index contributed by atoms with van der Waals surface area (Å²) in [7, 11) is 3.09. The summed E-state index contributed by atoms with van der Waals surface area (Å²) >= 11 is 0. The molecular formula is C17H15N3O5. The van der Waals surface area contributed by atoms with Crippen LogP contribution in [0.3, 0.4) is 0 Å². The van der Waals surface area contributed by atoms with Gasteiger partial charge >= 0.3 is 0 Å². The van der Waals surface area contributed by atoms with Crippen molar-refractivity contribution in [1.29, 1.82) is 0 Å². The Labute approximate surface area is 143 Å². The fourth-order valence-corrected chi connectivity index (χ4v) is 2.48. The zero-order chi connectivity index (χ0) is 18.0. The molecule has 0 radical (unpaired) electrons. The third-order valence-corrected chi connectivity index (χ3v) is 3.80. The Balaban J connectivity index is 2.02. The number of hydrogen-bond acceptors (Lipinski definition) is 7. The number of benzene rings is 2. The van der Waals surface area contributed by atoms with Gasteiger partial charge in [-0.3, -0.25) is 10.1 Å². The predicted molar refractivity (Wildman–Crippen MR) is 89.7 cm³/mol. The van der Waals surface area contributed by atoms with Crippen LogP contribution in [0.2, 0.25) is 0 Å². The number of hydrogen-bond donors (Lipinski definition) is 0. The van der Waals surface area contributed by atoms with Gasteiger partial charge in [-0.15, -0.1) is 0 Å². The van der Waals surface area contributed by atoms with E-state index >= 15 is 0 Å². The van der Waals surface area contributed by atoms with Crippen molar-refractivity contribution < 1.29 is 18.9 Å². The minimum atomic E-state index is -0.440. The molecule has 1 heterocycles. The normalized spacial score (nSPS) is 10.5. The van der Waals surface area contributed by atoms with Gasteiger partial charge in [0.2, 0.25) is 5.82 Å². The molecule has 0 unspecified atom stereocenters. The van der Waals surface area contributed by atoms with Gasteiger partial charge in [-0.05, 0) is 31.2 Å². The van der Waals surface area contributed by atoms with Crippen molar-refractivity contribution in [3.05, 3.63) is 52.1 Å². The first kappa shape index (κ1) is 16.4. The first-order valence-electron chi connectivity index (χ1n) is 7.35. The molecule has 8 heteroatoms. The summed E-state index contributed by atoms with van der Waals surface area (Å²) in [6.07, 6.45) is 0. The molecule has 8 nitrogen and oxygen atoms in total. The van der Waals surface area contributed by atoms with Crippen molar-refractivity contribution in [3.8, 4) is 34.3 Å². The summed E-state index contributed by atoms with van der Waals surface area (Å²) in [5.74, 6) is 1.69.